The topological polar surface area (TPSA) is 78.7 Å². The number of alkyl halides is 2. The van der Waals surface area contributed by atoms with Gasteiger partial charge >= 0.3 is 0 Å². The van der Waals surface area contributed by atoms with Gasteiger partial charge in [0.05, 0.1) is 23.9 Å². The molecule has 3 rings (SSSR count). The predicted octanol–water partition coefficient (Wildman–Crippen LogP) is 4.32. The van der Waals surface area contributed by atoms with Crippen LogP contribution in [0.4, 0.5) is 13.6 Å². The monoisotopic (exact) mass is 406 g/mol. The van der Waals surface area contributed by atoms with Crippen molar-refractivity contribution in [2.75, 3.05) is 13.1 Å². The smallest absolute Gasteiger partial charge is 0.286 e. The number of aromatic nitrogens is 2. The lowest BCUT2D eigenvalue weighted by Crippen LogP contribution is -2.49. The number of oxime groups is 1. The van der Waals surface area contributed by atoms with Crippen molar-refractivity contribution in [2.45, 2.75) is 37.0 Å². The molecule has 0 radical (unpaired) electrons. The summed E-state index contributed by atoms with van der Waals surface area (Å²) >= 11 is 0.938. The highest BCUT2D eigenvalue weighted by atomic mass is 32.2. The maximum Gasteiger partial charge on any atom is 0.286 e. The minimum absolute atomic E-state index is 0.0518. The van der Waals surface area contributed by atoms with Gasteiger partial charge in [-0.25, -0.2) is 18.7 Å². The average molecular weight is 406 g/mol. The van der Waals surface area contributed by atoms with E-state index in [4.69, 9.17) is 5.21 Å². The van der Waals surface area contributed by atoms with E-state index in [2.05, 4.69) is 15.1 Å². The number of carbonyl (C=O) groups excluding carboxylic acids is 1. The quantitative estimate of drug-likeness (QED) is 0.355. The highest BCUT2D eigenvalue weighted by molar-refractivity contribution is 8.13. The Bertz CT molecular complexity index is 893. The Labute approximate surface area is 165 Å². The Morgan fingerprint density at radius 1 is 1.36 bits per heavy atom. The molecule has 2 aromatic rings. The van der Waals surface area contributed by atoms with Crippen molar-refractivity contribution in [3.05, 3.63) is 53.6 Å². The Morgan fingerprint density at radius 2 is 2.07 bits per heavy atom. The fourth-order valence-corrected chi connectivity index (χ4v) is 3.95. The molecule has 1 N–H and O–H groups in total. The van der Waals surface area contributed by atoms with Crippen LogP contribution in [0.25, 0.3) is 0 Å². The van der Waals surface area contributed by atoms with Crippen molar-refractivity contribution in [1.82, 2.24) is 14.9 Å². The number of amides is 1. The third kappa shape index (κ3) is 4.30. The van der Waals surface area contributed by atoms with Crippen LogP contribution >= 0.6 is 11.8 Å². The van der Waals surface area contributed by atoms with Gasteiger partial charge in [0.15, 0.2) is 0 Å². The van der Waals surface area contributed by atoms with Crippen LogP contribution in [0, 0.1) is 6.92 Å². The van der Waals surface area contributed by atoms with Gasteiger partial charge in [0.2, 0.25) is 0 Å². The average Bonchev–Trinajstić information content (AvgIpc) is 2.67. The zero-order chi connectivity index (χ0) is 20.3. The standard InChI is InChI=1S/C19H20F2N4O2S/c1-12(24-27)15-10-22-13(2)23-17(15)16-8-9-25(11-19(16,20)21)18(26)28-14-6-4-3-5-7-14/h3-7,10,16,27H,8-9,11H2,1-2H3/b24-12+. The zero-order valence-corrected chi connectivity index (χ0v) is 16.3. The van der Waals surface area contributed by atoms with E-state index in [0.717, 1.165) is 11.8 Å². The number of thioether (sulfide) groups is 1. The summed E-state index contributed by atoms with van der Waals surface area (Å²) < 4.78 is 30.0. The molecule has 0 bridgehead atoms. The van der Waals surface area contributed by atoms with E-state index in [1.165, 1.54) is 18.0 Å². The molecule has 6 nitrogen and oxygen atoms in total. The molecule has 1 fully saturated rings. The molecular weight excluding hydrogens is 386 g/mol. The van der Waals surface area contributed by atoms with E-state index in [1.54, 1.807) is 31.2 Å². The second-order valence-corrected chi connectivity index (χ2v) is 7.63. The van der Waals surface area contributed by atoms with Crippen LogP contribution < -0.4 is 0 Å². The van der Waals surface area contributed by atoms with Crippen molar-refractivity contribution in [2.24, 2.45) is 5.16 Å². The van der Waals surface area contributed by atoms with Crippen LogP contribution in [0.5, 0.6) is 0 Å². The maximum atomic E-state index is 15.0. The first-order valence-corrected chi connectivity index (χ1v) is 9.55. The van der Waals surface area contributed by atoms with Crippen molar-refractivity contribution >= 4 is 22.7 Å². The molecule has 1 aliphatic heterocycles. The van der Waals surface area contributed by atoms with Crippen LogP contribution in [0.1, 0.15) is 36.3 Å². The van der Waals surface area contributed by atoms with Gasteiger partial charge in [0.25, 0.3) is 11.2 Å². The number of nitrogens with zero attached hydrogens (tertiary/aromatic N) is 4. The van der Waals surface area contributed by atoms with Crippen LogP contribution in [-0.2, 0) is 0 Å². The third-order valence-corrected chi connectivity index (χ3v) is 5.55. The molecule has 148 valence electrons. The normalized spacial score (nSPS) is 19.5. The van der Waals surface area contributed by atoms with Gasteiger partial charge in [0.1, 0.15) is 5.82 Å². The number of likely N-dealkylation sites (tertiary alicyclic amines) is 1. The number of rotatable bonds is 3. The number of halogens is 2. The summed E-state index contributed by atoms with van der Waals surface area (Å²) in [7, 11) is 0. The fraction of sp³-hybridized carbons (Fsp3) is 0.368. The van der Waals surface area contributed by atoms with Crippen molar-refractivity contribution in [1.29, 1.82) is 0 Å². The number of aryl methyl sites for hydroxylation is 1. The van der Waals surface area contributed by atoms with E-state index >= 15 is 8.78 Å². The molecule has 0 aliphatic carbocycles. The molecule has 1 atom stereocenters. The van der Waals surface area contributed by atoms with Crippen LogP contribution in [0.3, 0.4) is 0 Å². The van der Waals surface area contributed by atoms with E-state index in [-0.39, 0.29) is 29.9 Å². The van der Waals surface area contributed by atoms with Crippen molar-refractivity contribution in [3.63, 3.8) is 0 Å². The van der Waals surface area contributed by atoms with Crippen molar-refractivity contribution < 1.29 is 18.8 Å². The number of benzene rings is 1. The number of hydrogen-bond donors (Lipinski definition) is 1. The summed E-state index contributed by atoms with van der Waals surface area (Å²) in [6.45, 7) is 2.63. The van der Waals surface area contributed by atoms with Crippen LogP contribution in [-0.4, -0.2) is 50.0 Å². The molecule has 1 saturated heterocycles. The highest BCUT2D eigenvalue weighted by Crippen LogP contribution is 2.41. The summed E-state index contributed by atoms with van der Waals surface area (Å²) in [6.07, 6.45) is 1.45. The fourth-order valence-electron chi connectivity index (χ4n) is 3.17. The van der Waals surface area contributed by atoms with Gasteiger partial charge in [-0.05, 0) is 44.2 Å². The van der Waals surface area contributed by atoms with Crippen LogP contribution in [0.2, 0.25) is 0 Å². The Morgan fingerprint density at radius 3 is 2.71 bits per heavy atom. The largest absolute Gasteiger partial charge is 0.411 e. The Balaban J connectivity index is 1.81. The number of carbonyl (C=O) groups is 1. The Kier molecular flexibility index (Phi) is 5.93. The molecule has 1 aliphatic rings. The SMILES string of the molecule is C/C(=N\O)c1cnc(C)nc1C1CCN(C(=O)Sc2ccccc2)CC1(F)F. The summed E-state index contributed by atoms with van der Waals surface area (Å²) in [4.78, 5) is 22.6. The lowest BCUT2D eigenvalue weighted by Gasteiger charge is -2.38. The summed E-state index contributed by atoms with van der Waals surface area (Å²) in [6, 6.07) is 8.94. The molecule has 2 heterocycles. The molecule has 1 unspecified atom stereocenters. The van der Waals surface area contributed by atoms with Gasteiger partial charge in [0, 0.05) is 23.2 Å². The third-order valence-electron chi connectivity index (χ3n) is 4.61. The molecule has 1 amide bonds. The zero-order valence-electron chi connectivity index (χ0n) is 15.5. The van der Waals surface area contributed by atoms with Gasteiger partial charge in [-0.2, -0.15) is 0 Å². The molecular formula is C19H20F2N4O2S. The molecule has 1 aromatic carbocycles. The van der Waals surface area contributed by atoms with Gasteiger partial charge in [-0.15, -0.1) is 0 Å². The first kappa shape index (κ1) is 20.2. The van der Waals surface area contributed by atoms with Gasteiger partial charge < -0.3 is 10.1 Å². The van der Waals surface area contributed by atoms with Gasteiger partial charge in [-0.3, -0.25) is 4.79 Å². The molecule has 9 heteroatoms. The molecule has 0 spiro atoms. The van der Waals surface area contributed by atoms with E-state index in [1.807, 2.05) is 6.07 Å². The van der Waals surface area contributed by atoms with Gasteiger partial charge in [-0.1, -0.05) is 23.4 Å². The first-order valence-electron chi connectivity index (χ1n) is 8.74. The molecule has 1 aromatic heterocycles. The van der Waals surface area contributed by atoms with Crippen molar-refractivity contribution in [3.8, 4) is 0 Å². The second kappa shape index (κ2) is 8.22. The Hall–Kier alpha value is -2.55. The minimum Gasteiger partial charge on any atom is -0.411 e. The van der Waals surface area contributed by atoms with E-state index in [9.17, 15) is 4.79 Å². The maximum absolute atomic E-state index is 15.0. The second-order valence-electron chi connectivity index (χ2n) is 6.61. The van der Waals surface area contributed by atoms with E-state index in [0.29, 0.717) is 10.7 Å². The minimum atomic E-state index is -3.17. The predicted molar refractivity (Wildman–Crippen MR) is 102 cm³/mol. The summed E-state index contributed by atoms with van der Waals surface area (Å²) in [5, 5.41) is 11.8. The molecule has 28 heavy (non-hydrogen) atoms. The lowest BCUT2D eigenvalue weighted by atomic mass is 9.87. The summed E-state index contributed by atoms with van der Waals surface area (Å²) in [5.41, 5.74) is 0.607. The lowest BCUT2D eigenvalue weighted by molar-refractivity contribution is -0.0706. The molecule has 0 saturated carbocycles. The number of piperidine rings is 1. The highest BCUT2D eigenvalue weighted by Gasteiger charge is 2.48. The number of hydrogen-bond acceptors (Lipinski definition) is 6. The first-order chi connectivity index (χ1) is 13.3. The summed E-state index contributed by atoms with van der Waals surface area (Å²) in [5.74, 6) is -4.00. The van der Waals surface area contributed by atoms with Crippen LogP contribution in [0.15, 0.2) is 46.6 Å². The van der Waals surface area contributed by atoms with E-state index < -0.39 is 23.6 Å².